The number of esters is 2. The van der Waals surface area contributed by atoms with Gasteiger partial charge in [0, 0.05) is 7.11 Å². The molecule has 0 heterocycles. The molecule has 6 heteroatoms. The molecule has 160 valence electrons. The summed E-state index contributed by atoms with van der Waals surface area (Å²) in [5, 5.41) is 0. The van der Waals surface area contributed by atoms with Crippen molar-refractivity contribution in [3.8, 4) is 22.6 Å². The molecule has 0 aliphatic rings. The van der Waals surface area contributed by atoms with Gasteiger partial charge in [0.05, 0.1) is 12.2 Å². The lowest BCUT2D eigenvalue weighted by atomic mass is 10.1. The largest absolute Gasteiger partial charge is 0.479 e. The first-order valence-electron chi connectivity index (χ1n) is 9.87. The molecule has 0 saturated heterocycles. The number of methoxy groups -OCH3 is 1. The fourth-order valence-corrected chi connectivity index (χ4v) is 2.77. The van der Waals surface area contributed by atoms with E-state index in [9.17, 15) is 9.59 Å². The molecule has 0 fully saturated rings. The minimum atomic E-state index is -0.804. The number of ether oxygens (including phenoxy) is 4. The lowest BCUT2D eigenvalue weighted by molar-refractivity contribution is -0.141. The van der Waals surface area contributed by atoms with Crippen LogP contribution in [0.5, 0.6) is 11.5 Å². The molecule has 0 bridgehead atoms. The molecule has 3 rings (SSSR count). The Morgan fingerprint density at radius 2 is 1.39 bits per heavy atom. The molecule has 3 aromatic rings. The van der Waals surface area contributed by atoms with E-state index in [1.807, 2.05) is 54.6 Å². The van der Waals surface area contributed by atoms with Gasteiger partial charge in [-0.05, 0) is 54.4 Å². The third-order valence-electron chi connectivity index (χ3n) is 4.44. The third kappa shape index (κ3) is 6.42. The molecule has 0 aromatic heterocycles. The van der Waals surface area contributed by atoms with Crippen LogP contribution in [0.4, 0.5) is 0 Å². The van der Waals surface area contributed by atoms with Gasteiger partial charge in [-0.25, -0.2) is 9.59 Å². The van der Waals surface area contributed by atoms with Gasteiger partial charge in [-0.15, -0.1) is 0 Å². The van der Waals surface area contributed by atoms with E-state index in [4.69, 9.17) is 18.9 Å². The lowest BCUT2D eigenvalue weighted by Gasteiger charge is -2.14. The molecular formula is C25H24O6. The topological polar surface area (TPSA) is 71.1 Å². The second-order valence-corrected chi connectivity index (χ2v) is 6.72. The number of hydrogen-bond acceptors (Lipinski definition) is 6. The van der Waals surface area contributed by atoms with Crippen LogP contribution in [0, 0.1) is 0 Å². The highest BCUT2D eigenvalue weighted by atomic mass is 16.6. The molecular weight excluding hydrogens is 396 g/mol. The summed E-state index contributed by atoms with van der Waals surface area (Å²) in [5.74, 6) is -0.125. The zero-order chi connectivity index (χ0) is 22.1. The molecule has 0 N–H and O–H groups in total. The molecule has 0 amide bonds. The highest BCUT2D eigenvalue weighted by Crippen LogP contribution is 2.23. The second kappa shape index (κ2) is 10.9. The maximum Gasteiger partial charge on any atom is 0.352 e. The van der Waals surface area contributed by atoms with Crippen molar-refractivity contribution in [2.24, 2.45) is 0 Å². The molecule has 1 atom stereocenters. The van der Waals surface area contributed by atoms with Crippen LogP contribution in [0.2, 0.25) is 0 Å². The van der Waals surface area contributed by atoms with Crippen molar-refractivity contribution in [3.63, 3.8) is 0 Å². The van der Waals surface area contributed by atoms with E-state index in [-0.39, 0.29) is 6.61 Å². The Balaban J connectivity index is 1.52. The van der Waals surface area contributed by atoms with E-state index < -0.39 is 18.0 Å². The number of carbonyl (C=O) groups excluding carboxylic acids is 2. The standard InChI is InChI=1S/C25H24O6/c1-18(30-22-12-8-20(9-13-22)19-6-4-3-5-7-19)24(26)31-23-14-10-21(11-15-23)25(27)29-17-16-28-2/h3-15,18H,16-17H2,1-2H3. The summed E-state index contributed by atoms with van der Waals surface area (Å²) in [7, 11) is 1.53. The van der Waals surface area contributed by atoms with Gasteiger partial charge in [0.25, 0.3) is 0 Å². The van der Waals surface area contributed by atoms with Crippen LogP contribution in [0.3, 0.4) is 0 Å². The molecule has 6 nitrogen and oxygen atoms in total. The van der Waals surface area contributed by atoms with Gasteiger partial charge < -0.3 is 18.9 Å². The van der Waals surface area contributed by atoms with Gasteiger partial charge in [-0.1, -0.05) is 42.5 Å². The summed E-state index contributed by atoms with van der Waals surface area (Å²) in [6.45, 7) is 2.12. The normalized spacial score (nSPS) is 11.4. The Labute approximate surface area is 181 Å². The van der Waals surface area contributed by atoms with Gasteiger partial charge in [-0.2, -0.15) is 0 Å². The van der Waals surface area contributed by atoms with Crippen molar-refractivity contribution in [2.75, 3.05) is 20.3 Å². The van der Waals surface area contributed by atoms with Crippen LogP contribution in [-0.2, 0) is 14.3 Å². The van der Waals surface area contributed by atoms with Crippen molar-refractivity contribution in [3.05, 3.63) is 84.4 Å². The van der Waals surface area contributed by atoms with Crippen LogP contribution < -0.4 is 9.47 Å². The maximum absolute atomic E-state index is 12.3. The average Bonchev–Trinajstić information content (AvgIpc) is 2.80. The van der Waals surface area contributed by atoms with E-state index in [1.54, 1.807) is 6.92 Å². The summed E-state index contributed by atoms with van der Waals surface area (Å²) in [6.07, 6.45) is -0.804. The van der Waals surface area contributed by atoms with Crippen molar-refractivity contribution >= 4 is 11.9 Å². The fraction of sp³-hybridized carbons (Fsp3) is 0.200. The van der Waals surface area contributed by atoms with Crippen molar-refractivity contribution in [2.45, 2.75) is 13.0 Å². The van der Waals surface area contributed by atoms with Crippen LogP contribution in [0.15, 0.2) is 78.9 Å². The first-order chi connectivity index (χ1) is 15.1. The Hall–Kier alpha value is -3.64. The number of benzene rings is 3. The molecule has 0 aliphatic carbocycles. The first-order valence-corrected chi connectivity index (χ1v) is 9.87. The lowest BCUT2D eigenvalue weighted by Crippen LogP contribution is -2.28. The number of carbonyl (C=O) groups is 2. The molecule has 0 spiro atoms. The first kappa shape index (κ1) is 22.1. The van der Waals surface area contributed by atoms with E-state index >= 15 is 0 Å². The van der Waals surface area contributed by atoms with Crippen LogP contribution in [0.25, 0.3) is 11.1 Å². The van der Waals surface area contributed by atoms with Gasteiger partial charge in [0.1, 0.15) is 18.1 Å². The van der Waals surface area contributed by atoms with Gasteiger partial charge >= 0.3 is 11.9 Å². The summed E-state index contributed by atoms with van der Waals surface area (Å²) in [5.41, 5.74) is 2.52. The summed E-state index contributed by atoms with van der Waals surface area (Å²) in [4.78, 5) is 24.2. The smallest absolute Gasteiger partial charge is 0.352 e. The van der Waals surface area contributed by atoms with E-state index in [0.29, 0.717) is 23.7 Å². The van der Waals surface area contributed by atoms with E-state index in [2.05, 4.69) is 0 Å². The molecule has 1 unspecified atom stereocenters. The molecule has 0 saturated carbocycles. The quantitative estimate of drug-likeness (QED) is 0.288. The Kier molecular flexibility index (Phi) is 7.79. The van der Waals surface area contributed by atoms with Gasteiger partial charge in [0.15, 0.2) is 6.10 Å². The molecule has 3 aromatic carbocycles. The second-order valence-electron chi connectivity index (χ2n) is 6.72. The fourth-order valence-electron chi connectivity index (χ4n) is 2.77. The highest BCUT2D eigenvalue weighted by Gasteiger charge is 2.18. The molecule has 0 radical (unpaired) electrons. The van der Waals surface area contributed by atoms with Crippen molar-refractivity contribution in [1.82, 2.24) is 0 Å². The summed E-state index contributed by atoms with van der Waals surface area (Å²) in [6, 6.07) is 23.6. The number of rotatable bonds is 9. The summed E-state index contributed by atoms with van der Waals surface area (Å²) >= 11 is 0. The van der Waals surface area contributed by atoms with Gasteiger partial charge in [-0.3, -0.25) is 0 Å². The van der Waals surface area contributed by atoms with Crippen molar-refractivity contribution < 1.29 is 28.5 Å². The summed E-state index contributed by atoms with van der Waals surface area (Å²) < 4.78 is 20.9. The monoisotopic (exact) mass is 420 g/mol. The van der Waals surface area contributed by atoms with Gasteiger partial charge in [0.2, 0.25) is 0 Å². The molecule has 0 aliphatic heterocycles. The zero-order valence-corrected chi connectivity index (χ0v) is 17.4. The predicted molar refractivity (Wildman–Crippen MR) is 116 cm³/mol. The van der Waals surface area contributed by atoms with Crippen LogP contribution in [0.1, 0.15) is 17.3 Å². The van der Waals surface area contributed by atoms with Crippen LogP contribution in [-0.4, -0.2) is 38.4 Å². The number of hydrogen-bond donors (Lipinski definition) is 0. The minimum absolute atomic E-state index is 0.174. The van der Waals surface area contributed by atoms with E-state index in [1.165, 1.54) is 31.4 Å². The highest BCUT2D eigenvalue weighted by molar-refractivity contribution is 5.89. The molecule has 31 heavy (non-hydrogen) atoms. The SMILES string of the molecule is COCCOC(=O)c1ccc(OC(=O)C(C)Oc2ccc(-c3ccccc3)cc2)cc1. The predicted octanol–water partition coefficient (Wildman–Crippen LogP) is 4.53. The zero-order valence-electron chi connectivity index (χ0n) is 17.4. The minimum Gasteiger partial charge on any atom is -0.479 e. The van der Waals surface area contributed by atoms with Crippen molar-refractivity contribution in [1.29, 1.82) is 0 Å². The average molecular weight is 420 g/mol. The Bertz CT molecular complexity index is 981. The third-order valence-corrected chi connectivity index (χ3v) is 4.44. The Morgan fingerprint density at radius 1 is 0.774 bits per heavy atom. The van der Waals surface area contributed by atoms with Crippen LogP contribution >= 0.6 is 0 Å². The van der Waals surface area contributed by atoms with E-state index in [0.717, 1.165) is 11.1 Å². The Morgan fingerprint density at radius 3 is 2.03 bits per heavy atom. The maximum atomic E-state index is 12.3.